The molecule has 1 nitrogen and oxygen atoms in total. The summed E-state index contributed by atoms with van der Waals surface area (Å²) in [5.74, 6) is 0. The van der Waals surface area contributed by atoms with Gasteiger partial charge in [0.05, 0.1) is 0 Å². The third-order valence-corrected chi connectivity index (χ3v) is 2.96. The lowest BCUT2D eigenvalue weighted by Crippen LogP contribution is -2.20. The van der Waals surface area contributed by atoms with Gasteiger partial charge in [0.2, 0.25) is 0 Å². The molecule has 0 aliphatic heterocycles. The molecule has 0 saturated heterocycles. The Bertz CT molecular complexity index is 401. The van der Waals surface area contributed by atoms with Crippen molar-refractivity contribution in [2.75, 3.05) is 4.90 Å². The van der Waals surface area contributed by atoms with Crippen molar-refractivity contribution >= 4 is 5.69 Å². The molecule has 0 aliphatic carbocycles. The highest BCUT2D eigenvalue weighted by molar-refractivity contribution is 5.57. The largest absolute Gasteiger partial charge is 0.319 e. The molecule has 0 atom stereocenters. The van der Waals surface area contributed by atoms with Crippen LogP contribution in [0.2, 0.25) is 0 Å². The van der Waals surface area contributed by atoms with Gasteiger partial charge in [-0.2, -0.15) is 0 Å². The summed E-state index contributed by atoms with van der Waals surface area (Å²) >= 11 is 0. The van der Waals surface area contributed by atoms with E-state index in [4.69, 9.17) is 0 Å². The van der Waals surface area contributed by atoms with Crippen LogP contribution in [0.15, 0.2) is 53.9 Å². The molecule has 0 spiro atoms. The van der Waals surface area contributed by atoms with Crippen LogP contribution in [-0.4, -0.2) is 0 Å². The van der Waals surface area contributed by atoms with Crippen LogP contribution >= 0.6 is 0 Å². The van der Waals surface area contributed by atoms with E-state index < -0.39 is 0 Å². The van der Waals surface area contributed by atoms with Crippen LogP contribution in [0.1, 0.15) is 47.0 Å². The van der Waals surface area contributed by atoms with Crippen molar-refractivity contribution in [1.29, 1.82) is 0 Å². The Labute approximate surface area is 112 Å². The zero-order valence-corrected chi connectivity index (χ0v) is 12.1. The van der Waals surface area contributed by atoms with Crippen LogP contribution in [0.4, 0.5) is 5.69 Å². The van der Waals surface area contributed by atoms with Crippen molar-refractivity contribution in [3.05, 3.63) is 53.9 Å². The predicted molar refractivity (Wildman–Crippen MR) is 81.6 cm³/mol. The predicted octanol–water partition coefficient (Wildman–Crippen LogP) is 5.51. The summed E-state index contributed by atoms with van der Waals surface area (Å²) in [6.07, 6.45) is 7.80. The van der Waals surface area contributed by atoms with Crippen molar-refractivity contribution in [2.24, 2.45) is 0 Å². The Hall–Kier alpha value is -1.50. The normalized spacial score (nSPS) is 12.7. The summed E-state index contributed by atoms with van der Waals surface area (Å²) in [4.78, 5) is 2.37. The van der Waals surface area contributed by atoms with Gasteiger partial charge in [0.15, 0.2) is 0 Å². The summed E-state index contributed by atoms with van der Waals surface area (Å²) in [5, 5.41) is 0. The summed E-state index contributed by atoms with van der Waals surface area (Å²) in [7, 11) is 0. The van der Waals surface area contributed by atoms with Gasteiger partial charge in [0, 0.05) is 17.1 Å². The maximum atomic E-state index is 2.37. The highest BCUT2D eigenvalue weighted by Crippen LogP contribution is 2.26. The molecule has 0 aliphatic rings. The third-order valence-electron chi connectivity index (χ3n) is 2.96. The van der Waals surface area contributed by atoms with Gasteiger partial charge in [-0.05, 0) is 38.3 Å². The van der Waals surface area contributed by atoms with Crippen LogP contribution in [0, 0.1) is 0 Å². The smallest absolute Gasteiger partial charge is 0.0454 e. The van der Waals surface area contributed by atoms with Crippen LogP contribution < -0.4 is 4.90 Å². The standard InChI is InChI=1S/C17H25N/c1-5-11-15(4)18(16(7-3)12-6-2)17-13-9-8-10-14-17/h8-14H,5-7H2,1-4H3/b15-11+,16-12+. The molecule has 98 valence electrons. The Morgan fingerprint density at radius 1 is 1.00 bits per heavy atom. The second-order valence-corrected chi connectivity index (χ2v) is 4.38. The van der Waals surface area contributed by atoms with Crippen LogP contribution in [0.5, 0.6) is 0 Å². The van der Waals surface area contributed by atoms with Crippen molar-refractivity contribution in [1.82, 2.24) is 0 Å². The molecule has 0 bridgehead atoms. The van der Waals surface area contributed by atoms with E-state index in [1.54, 1.807) is 0 Å². The van der Waals surface area contributed by atoms with E-state index in [2.05, 4.69) is 75.1 Å². The molecule has 1 heteroatoms. The number of benzene rings is 1. The lowest BCUT2D eigenvalue weighted by molar-refractivity contribution is 0.937. The van der Waals surface area contributed by atoms with E-state index >= 15 is 0 Å². The maximum absolute atomic E-state index is 2.37. The van der Waals surface area contributed by atoms with Crippen LogP contribution in [0.25, 0.3) is 0 Å². The topological polar surface area (TPSA) is 3.24 Å². The first-order valence-corrected chi connectivity index (χ1v) is 6.95. The van der Waals surface area contributed by atoms with Gasteiger partial charge in [0.25, 0.3) is 0 Å². The fourth-order valence-corrected chi connectivity index (χ4v) is 2.19. The van der Waals surface area contributed by atoms with Crippen molar-refractivity contribution in [3.8, 4) is 0 Å². The zero-order valence-electron chi connectivity index (χ0n) is 12.1. The second-order valence-electron chi connectivity index (χ2n) is 4.38. The van der Waals surface area contributed by atoms with Gasteiger partial charge < -0.3 is 4.90 Å². The van der Waals surface area contributed by atoms with Crippen molar-refractivity contribution < 1.29 is 0 Å². The molecule has 0 amide bonds. The molecule has 18 heavy (non-hydrogen) atoms. The molecule has 0 saturated carbocycles. The lowest BCUT2D eigenvalue weighted by atomic mass is 10.1. The number of allylic oxidation sites excluding steroid dienone is 4. The minimum Gasteiger partial charge on any atom is -0.319 e. The lowest BCUT2D eigenvalue weighted by Gasteiger charge is -2.28. The van der Waals surface area contributed by atoms with Gasteiger partial charge in [-0.15, -0.1) is 0 Å². The maximum Gasteiger partial charge on any atom is 0.0454 e. The van der Waals surface area contributed by atoms with E-state index in [9.17, 15) is 0 Å². The molecule has 0 fully saturated rings. The average Bonchev–Trinajstić information content (AvgIpc) is 2.39. The Morgan fingerprint density at radius 3 is 2.11 bits per heavy atom. The molecule has 1 aromatic rings. The molecule has 1 rings (SSSR count). The first-order chi connectivity index (χ1) is 8.74. The van der Waals surface area contributed by atoms with Crippen LogP contribution in [0.3, 0.4) is 0 Å². The second kappa shape index (κ2) is 7.75. The minimum atomic E-state index is 1.05. The Morgan fingerprint density at radius 2 is 1.61 bits per heavy atom. The Kier molecular flexibility index (Phi) is 6.27. The average molecular weight is 243 g/mol. The van der Waals surface area contributed by atoms with Gasteiger partial charge in [-0.3, -0.25) is 0 Å². The summed E-state index contributed by atoms with van der Waals surface area (Å²) in [5.41, 5.74) is 3.94. The monoisotopic (exact) mass is 243 g/mol. The molecular formula is C17H25N. The van der Waals surface area contributed by atoms with E-state index in [-0.39, 0.29) is 0 Å². The van der Waals surface area contributed by atoms with Gasteiger partial charge >= 0.3 is 0 Å². The van der Waals surface area contributed by atoms with Gasteiger partial charge in [0.1, 0.15) is 0 Å². The van der Waals surface area contributed by atoms with E-state index in [1.165, 1.54) is 17.1 Å². The SMILES string of the molecule is CC/C=C(\C)N(/C(=C/CC)CC)c1ccccc1. The molecule has 1 aromatic carbocycles. The number of nitrogens with zero attached hydrogens (tertiary/aromatic N) is 1. The highest BCUT2D eigenvalue weighted by atomic mass is 15.1. The number of anilines is 1. The quantitative estimate of drug-likeness (QED) is 0.636. The highest BCUT2D eigenvalue weighted by Gasteiger charge is 2.11. The fraction of sp³-hybridized carbons (Fsp3) is 0.412. The summed E-state index contributed by atoms with van der Waals surface area (Å²) in [6.45, 7) is 8.78. The van der Waals surface area contributed by atoms with Gasteiger partial charge in [-0.25, -0.2) is 0 Å². The minimum absolute atomic E-state index is 1.05. The molecule has 0 unspecified atom stereocenters. The molecule has 0 aromatic heterocycles. The van der Waals surface area contributed by atoms with Crippen molar-refractivity contribution in [3.63, 3.8) is 0 Å². The molecule has 0 N–H and O–H groups in total. The van der Waals surface area contributed by atoms with Crippen LogP contribution in [-0.2, 0) is 0 Å². The van der Waals surface area contributed by atoms with E-state index in [0.717, 1.165) is 19.3 Å². The first kappa shape index (κ1) is 14.6. The first-order valence-electron chi connectivity index (χ1n) is 6.95. The number of hydrogen-bond acceptors (Lipinski definition) is 1. The fourth-order valence-electron chi connectivity index (χ4n) is 2.19. The van der Waals surface area contributed by atoms with Gasteiger partial charge in [-0.1, -0.05) is 51.1 Å². The van der Waals surface area contributed by atoms with Crippen molar-refractivity contribution in [2.45, 2.75) is 47.0 Å². The summed E-state index contributed by atoms with van der Waals surface area (Å²) in [6, 6.07) is 10.6. The molecular weight excluding hydrogens is 218 g/mol. The summed E-state index contributed by atoms with van der Waals surface area (Å²) < 4.78 is 0. The van der Waals surface area contributed by atoms with E-state index in [0.29, 0.717) is 0 Å². The zero-order chi connectivity index (χ0) is 13.4. The number of hydrogen-bond donors (Lipinski definition) is 0. The molecule has 0 heterocycles. The Balaban J connectivity index is 3.18. The number of para-hydroxylation sites is 1. The van der Waals surface area contributed by atoms with E-state index in [1.807, 2.05) is 0 Å². The third kappa shape index (κ3) is 3.76. The molecule has 0 radical (unpaired) electrons. The number of rotatable bonds is 6.